The molecule has 1 aliphatic rings. The third-order valence-corrected chi connectivity index (χ3v) is 3.95. The Labute approximate surface area is 127 Å². The fourth-order valence-electron chi connectivity index (χ4n) is 2.72. The highest BCUT2D eigenvalue weighted by Gasteiger charge is 2.21. The molecule has 2 atom stereocenters. The van der Waals surface area contributed by atoms with Crippen LogP contribution in [-0.4, -0.2) is 31.1 Å². The normalized spacial score (nSPS) is 19.6. The Hall–Kier alpha value is -1.55. The van der Waals surface area contributed by atoms with E-state index in [9.17, 15) is 4.79 Å². The molecule has 2 rings (SSSR count). The van der Waals surface area contributed by atoms with Crippen LogP contribution in [0.25, 0.3) is 0 Å². The second-order valence-corrected chi connectivity index (χ2v) is 6.13. The molecule has 0 spiro atoms. The molecule has 0 saturated carbocycles. The minimum Gasteiger partial charge on any atom is -0.481 e. The number of carbonyl (C=O) groups excluding carboxylic acids is 1. The highest BCUT2D eigenvalue weighted by molar-refractivity contribution is 5.81. The monoisotopic (exact) mass is 290 g/mol. The first-order chi connectivity index (χ1) is 9.97. The Morgan fingerprint density at radius 3 is 2.71 bits per heavy atom. The average Bonchev–Trinajstić information content (AvgIpc) is 2.91. The third kappa shape index (κ3) is 4.21. The van der Waals surface area contributed by atoms with Crippen molar-refractivity contribution >= 4 is 5.91 Å². The SMILES string of the molecule is Cc1cc(OC(C)C(=O)NC2CCNC2)ccc1C(C)C. The number of ether oxygens (including phenoxy) is 1. The van der Waals surface area contributed by atoms with E-state index in [0.29, 0.717) is 5.92 Å². The van der Waals surface area contributed by atoms with Crippen molar-refractivity contribution in [3.63, 3.8) is 0 Å². The minimum atomic E-state index is -0.477. The molecule has 21 heavy (non-hydrogen) atoms. The lowest BCUT2D eigenvalue weighted by molar-refractivity contribution is -0.127. The van der Waals surface area contributed by atoms with Gasteiger partial charge in [0.15, 0.2) is 6.10 Å². The minimum absolute atomic E-state index is 0.0470. The van der Waals surface area contributed by atoms with Crippen molar-refractivity contribution in [3.05, 3.63) is 29.3 Å². The number of amides is 1. The number of hydrogen-bond donors (Lipinski definition) is 2. The van der Waals surface area contributed by atoms with Crippen LogP contribution in [0.5, 0.6) is 5.75 Å². The molecule has 0 aromatic heterocycles. The lowest BCUT2D eigenvalue weighted by Crippen LogP contribution is -2.43. The van der Waals surface area contributed by atoms with E-state index < -0.39 is 6.10 Å². The van der Waals surface area contributed by atoms with Crippen molar-refractivity contribution in [2.45, 2.75) is 52.2 Å². The smallest absolute Gasteiger partial charge is 0.261 e. The van der Waals surface area contributed by atoms with E-state index in [1.54, 1.807) is 6.92 Å². The molecule has 1 amide bonds. The highest BCUT2D eigenvalue weighted by atomic mass is 16.5. The summed E-state index contributed by atoms with van der Waals surface area (Å²) in [6.07, 6.45) is 0.510. The molecule has 1 fully saturated rings. The predicted octanol–water partition coefficient (Wildman–Crippen LogP) is 2.36. The van der Waals surface area contributed by atoms with E-state index in [1.165, 1.54) is 11.1 Å². The van der Waals surface area contributed by atoms with E-state index in [2.05, 4.69) is 37.5 Å². The zero-order valence-electron chi connectivity index (χ0n) is 13.4. The van der Waals surface area contributed by atoms with Crippen LogP contribution in [0.15, 0.2) is 18.2 Å². The Morgan fingerprint density at radius 1 is 1.38 bits per heavy atom. The van der Waals surface area contributed by atoms with Crippen LogP contribution in [0.2, 0.25) is 0 Å². The molecule has 0 aliphatic carbocycles. The predicted molar refractivity (Wildman–Crippen MR) is 84.8 cm³/mol. The number of aryl methyl sites for hydroxylation is 1. The number of carbonyl (C=O) groups is 1. The second-order valence-electron chi connectivity index (χ2n) is 6.13. The largest absolute Gasteiger partial charge is 0.481 e. The summed E-state index contributed by atoms with van der Waals surface area (Å²) in [6.45, 7) is 10.0. The van der Waals surface area contributed by atoms with Gasteiger partial charge in [-0.05, 0) is 56.0 Å². The molecular formula is C17H26N2O2. The van der Waals surface area contributed by atoms with Crippen molar-refractivity contribution in [1.29, 1.82) is 0 Å². The maximum absolute atomic E-state index is 12.1. The van der Waals surface area contributed by atoms with E-state index >= 15 is 0 Å². The molecule has 4 heteroatoms. The molecule has 0 bridgehead atoms. The Morgan fingerprint density at radius 2 is 2.14 bits per heavy atom. The maximum Gasteiger partial charge on any atom is 0.261 e. The van der Waals surface area contributed by atoms with Crippen LogP contribution in [0.1, 0.15) is 44.2 Å². The van der Waals surface area contributed by atoms with Crippen LogP contribution in [0.4, 0.5) is 0 Å². The van der Waals surface area contributed by atoms with Crippen molar-refractivity contribution in [2.24, 2.45) is 0 Å². The summed E-state index contributed by atoms with van der Waals surface area (Å²) in [6, 6.07) is 6.27. The molecule has 116 valence electrons. The molecule has 1 aromatic carbocycles. The van der Waals surface area contributed by atoms with Gasteiger partial charge >= 0.3 is 0 Å². The molecule has 2 N–H and O–H groups in total. The molecule has 1 aliphatic heterocycles. The summed E-state index contributed by atoms with van der Waals surface area (Å²) in [5.74, 6) is 1.20. The summed E-state index contributed by atoms with van der Waals surface area (Å²) >= 11 is 0. The lowest BCUT2D eigenvalue weighted by atomic mass is 9.98. The lowest BCUT2D eigenvalue weighted by Gasteiger charge is -2.19. The topological polar surface area (TPSA) is 50.4 Å². The molecular weight excluding hydrogens is 264 g/mol. The standard InChI is InChI=1S/C17H26N2O2/c1-11(2)16-6-5-15(9-12(16)3)21-13(4)17(20)19-14-7-8-18-10-14/h5-6,9,11,13-14,18H,7-8,10H2,1-4H3,(H,19,20). The Balaban J connectivity index is 1.93. The van der Waals surface area contributed by atoms with Crippen LogP contribution in [0, 0.1) is 6.92 Å². The fourth-order valence-corrected chi connectivity index (χ4v) is 2.72. The van der Waals surface area contributed by atoms with Gasteiger partial charge in [-0.3, -0.25) is 4.79 Å². The van der Waals surface area contributed by atoms with Crippen LogP contribution in [0.3, 0.4) is 0 Å². The molecule has 2 unspecified atom stereocenters. The summed E-state index contributed by atoms with van der Waals surface area (Å²) in [5.41, 5.74) is 2.52. The zero-order valence-corrected chi connectivity index (χ0v) is 13.4. The summed E-state index contributed by atoms with van der Waals surface area (Å²) in [7, 11) is 0. The molecule has 0 radical (unpaired) electrons. The van der Waals surface area contributed by atoms with E-state index in [1.807, 2.05) is 12.1 Å². The van der Waals surface area contributed by atoms with Gasteiger partial charge in [0.05, 0.1) is 0 Å². The van der Waals surface area contributed by atoms with Gasteiger partial charge in [0.1, 0.15) is 5.75 Å². The van der Waals surface area contributed by atoms with Gasteiger partial charge in [0.2, 0.25) is 0 Å². The van der Waals surface area contributed by atoms with Crippen molar-refractivity contribution in [2.75, 3.05) is 13.1 Å². The number of rotatable bonds is 5. The van der Waals surface area contributed by atoms with Crippen LogP contribution in [-0.2, 0) is 4.79 Å². The number of hydrogen-bond acceptors (Lipinski definition) is 3. The summed E-state index contributed by atoms with van der Waals surface area (Å²) in [4.78, 5) is 12.1. The second kappa shape index (κ2) is 6.94. The van der Waals surface area contributed by atoms with Crippen LogP contribution < -0.4 is 15.4 Å². The van der Waals surface area contributed by atoms with Crippen molar-refractivity contribution in [1.82, 2.24) is 10.6 Å². The van der Waals surface area contributed by atoms with Crippen molar-refractivity contribution in [3.8, 4) is 5.75 Å². The van der Waals surface area contributed by atoms with Crippen molar-refractivity contribution < 1.29 is 9.53 Å². The fraction of sp³-hybridized carbons (Fsp3) is 0.588. The molecule has 1 heterocycles. The van der Waals surface area contributed by atoms with E-state index in [4.69, 9.17) is 4.74 Å². The number of benzene rings is 1. The highest BCUT2D eigenvalue weighted by Crippen LogP contribution is 2.24. The van der Waals surface area contributed by atoms with Gasteiger partial charge in [0, 0.05) is 12.6 Å². The van der Waals surface area contributed by atoms with E-state index in [-0.39, 0.29) is 11.9 Å². The third-order valence-electron chi connectivity index (χ3n) is 3.95. The van der Waals surface area contributed by atoms with Gasteiger partial charge in [-0.1, -0.05) is 19.9 Å². The summed E-state index contributed by atoms with van der Waals surface area (Å²) < 4.78 is 5.77. The first kappa shape index (κ1) is 15.8. The first-order valence-corrected chi connectivity index (χ1v) is 7.75. The van der Waals surface area contributed by atoms with Gasteiger partial charge in [-0.2, -0.15) is 0 Å². The summed E-state index contributed by atoms with van der Waals surface area (Å²) in [5, 5.41) is 6.25. The first-order valence-electron chi connectivity index (χ1n) is 7.75. The maximum atomic E-state index is 12.1. The molecule has 4 nitrogen and oxygen atoms in total. The van der Waals surface area contributed by atoms with Crippen LogP contribution >= 0.6 is 0 Å². The van der Waals surface area contributed by atoms with E-state index in [0.717, 1.165) is 25.3 Å². The van der Waals surface area contributed by atoms with Gasteiger partial charge in [-0.15, -0.1) is 0 Å². The van der Waals surface area contributed by atoms with Gasteiger partial charge < -0.3 is 15.4 Å². The number of nitrogens with one attached hydrogen (secondary N) is 2. The Bertz CT molecular complexity index is 494. The zero-order chi connectivity index (χ0) is 15.4. The van der Waals surface area contributed by atoms with Gasteiger partial charge in [0.25, 0.3) is 5.91 Å². The molecule has 1 aromatic rings. The quantitative estimate of drug-likeness (QED) is 0.875. The molecule has 1 saturated heterocycles. The average molecular weight is 290 g/mol. The van der Waals surface area contributed by atoms with Gasteiger partial charge in [-0.25, -0.2) is 0 Å². The Kier molecular flexibility index (Phi) is 5.23.